The number of halogens is 2. The third-order valence-corrected chi connectivity index (χ3v) is 8.69. The molecule has 2 fully saturated rings. The van der Waals surface area contributed by atoms with Crippen molar-refractivity contribution in [2.75, 3.05) is 37.9 Å². The molecule has 12 heteroatoms. The molecule has 3 amide bonds. The molecular formula is C28H34Cl2N4O5S. The quantitative estimate of drug-likeness (QED) is 0.395. The second-order valence-corrected chi connectivity index (χ2v) is 11.6. The Morgan fingerprint density at radius 1 is 1.05 bits per heavy atom. The van der Waals surface area contributed by atoms with Crippen LogP contribution >= 0.6 is 35.0 Å². The van der Waals surface area contributed by atoms with E-state index >= 15 is 0 Å². The maximum Gasteiger partial charge on any atom is 0.411 e. The molecule has 2 aliphatic rings. The molecule has 2 atom stereocenters. The Labute approximate surface area is 248 Å². The van der Waals surface area contributed by atoms with E-state index in [1.807, 2.05) is 0 Å². The summed E-state index contributed by atoms with van der Waals surface area (Å²) in [4.78, 5) is 41.7. The molecule has 3 N–H and O–H groups in total. The predicted octanol–water partition coefficient (Wildman–Crippen LogP) is 4.08. The zero-order chi connectivity index (χ0) is 28.5. The lowest BCUT2D eigenvalue weighted by Crippen LogP contribution is -2.54. The number of piperidine rings is 1. The van der Waals surface area contributed by atoms with Crippen LogP contribution in [-0.4, -0.2) is 77.7 Å². The fourth-order valence-electron chi connectivity index (χ4n) is 4.64. The summed E-state index contributed by atoms with van der Waals surface area (Å²) in [6, 6.07) is 10.7. The van der Waals surface area contributed by atoms with Crippen LogP contribution in [0, 0.1) is 0 Å². The summed E-state index contributed by atoms with van der Waals surface area (Å²) in [6.45, 7) is 3.20. The Morgan fingerprint density at radius 2 is 1.75 bits per heavy atom. The standard InChI is InChI=1S/C28H34Cl2N4O5S/c29-22-5-4-6-23(30)21(22)16-39-20-9-7-19(8-10-20)15-24(26(31)35)32-27(36)25-17-40-18-34(25)28(37)38-14-13-33-11-2-1-3-12-33/h4-10,24-25H,1-3,11-18H2,(H2,31,35)(H,32,36)/t24-,25+/m0/s1. The van der Waals surface area contributed by atoms with Crippen molar-refractivity contribution in [3.63, 3.8) is 0 Å². The van der Waals surface area contributed by atoms with Gasteiger partial charge >= 0.3 is 6.09 Å². The van der Waals surface area contributed by atoms with Crippen LogP contribution in [-0.2, 0) is 27.4 Å². The van der Waals surface area contributed by atoms with Gasteiger partial charge in [0.15, 0.2) is 0 Å². The molecule has 2 aromatic carbocycles. The molecule has 0 bridgehead atoms. The van der Waals surface area contributed by atoms with E-state index in [0.717, 1.165) is 31.5 Å². The van der Waals surface area contributed by atoms with Crippen molar-refractivity contribution in [3.05, 3.63) is 63.6 Å². The fraction of sp³-hybridized carbons (Fsp3) is 0.464. The molecular weight excluding hydrogens is 575 g/mol. The Bertz CT molecular complexity index is 1160. The van der Waals surface area contributed by atoms with Gasteiger partial charge in [-0.25, -0.2) is 4.79 Å². The van der Waals surface area contributed by atoms with E-state index in [4.69, 9.17) is 38.4 Å². The molecule has 216 valence electrons. The molecule has 40 heavy (non-hydrogen) atoms. The van der Waals surface area contributed by atoms with Crippen molar-refractivity contribution < 1.29 is 23.9 Å². The van der Waals surface area contributed by atoms with Gasteiger partial charge in [0.2, 0.25) is 11.8 Å². The minimum absolute atomic E-state index is 0.192. The number of carbonyl (C=O) groups excluding carboxylic acids is 3. The van der Waals surface area contributed by atoms with Crippen LogP contribution in [0.5, 0.6) is 5.75 Å². The smallest absolute Gasteiger partial charge is 0.411 e. The Balaban J connectivity index is 1.27. The molecule has 0 radical (unpaired) electrons. The summed E-state index contributed by atoms with van der Waals surface area (Å²) in [5, 5.41) is 3.77. The molecule has 4 rings (SSSR count). The van der Waals surface area contributed by atoms with Gasteiger partial charge in [0.05, 0.1) is 5.88 Å². The van der Waals surface area contributed by atoms with E-state index in [0.29, 0.717) is 39.5 Å². The van der Waals surface area contributed by atoms with Crippen LogP contribution in [0.15, 0.2) is 42.5 Å². The van der Waals surface area contributed by atoms with E-state index in [1.165, 1.54) is 23.1 Å². The molecule has 2 saturated heterocycles. The second-order valence-electron chi connectivity index (χ2n) is 9.80. The molecule has 2 heterocycles. The zero-order valence-corrected chi connectivity index (χ0v) is 24.5. The van der Waals surface area contributed by atoms with Gasteiger partial charge < -0.3 is 20.5 Å². The van der Waals surface area contributed by atoms with Gasteiger partial charge in [-0.15, -0.1) is 11.8 Å². The first-order valence-electron chi connectivity index (χ1n) is 13.3. The highest BCUT2D eigenvalue weighted by molar-refractivity contribution is 7.99. The number of rotatable bonds is 11. The monoisotopic (exact) mass is 608 g/mol. The average molecular weight is 610 g/mol. The van der Waals surface area contributed by atoms with Crippen LogP contribution in [0.25, 0.3) is 0 Å². The molecule has 0 aromatic heterocycles. The zero-order valence-electron chi connectivity index (χ0n) is 22.2. The second kappa shape index (κ2) is 14.8. The van der Waals surface area contributed by atoms with Gasteiger partial charge in [-0.05, 0) is 55.8 Å². The van der Waals surface area contributed by atoms with Crippen molar-refractivity contribution in [3.8, 4) is 5.75 Å². The molecule has 0 spiro atoms. The fourth-order valence-corrected chi connectivity index (χ4v) is 6.29. The van der Waals surface area contributed by atoms with Gasteiger partial charge in [-0.1, -0.05) is 47.8 Å². The number of benzene rings is 2. The van der Waals surface area contributed by atoms with E-state index in [-0.39, 0.29) is 19.6 Å². The third-order valence-electron chi connectivity index (χ3n) is 6.97. The maximum atomic E-state index is 13.1. The molecule has 0 saturated carbocycles. The molecule has 0 unspecified atom stereocenters. The lowest BCUT2D eigenvalue weighted by molar-refractivity contribution is -0.129. The number of ether oxygens (including phenoxy) is 2. The van der Waals surface area contributed by atoms with Crippen LogP contribution in [0.4, 0.5) is 4.79 Å². The van der Waals surface area contributed by atoms with E-state index < -0.39 is 30.0 Å². The molecule has 2 aliphatic heterocycles. The van der Waals surface area contributed by atoms with Crippen molar-refractivity contribution in [2.45, 2.75) is 44.4 Å². The number of nitrogens with one attached hydrogen (secondary N) is 1. The van der Waals surface area contributed by atoms with E-state index in [9.17, 15) is 14.4 Å². The van der Waals surface area contributed by atoms with Crippen molar-refractivity contribution in [1.29, 1.82) is 0 Å². The summed E-state index contributed by atoms with van der Waals surface area (Å²) < 4.78 is 11.3. The summed E-state index contributed by atoms with van der Waals surface area (Å²) in [5.41, 5.74) is 7.09. The van der Waals surface area contributed by atoms with Crippen LogP contribution in [0.3, 0.4) is 0 Å². The van der Waals surface area contributed by atoms with Gasteiger partial charge in [0, 0.05) is 34.3 Å². The number of thioether (sulfide) groups is 1. The SMILES string of the molecule is NC(=O)[C@H](Cc1ccc(OCc2c(Cl)cccc2Cl)cc1)NC(=O)[C@H]1CSCN1C(=O)OCCN1CCCCC1. The van der Waals surface area contributed by atoms with E-state index in [2.05, 4.69) is 10.2 Å². The van der Waals surface area contributed by atoms with Crippen LogP contribution in [0.1, 0.15) is 30.4 Å². The number of nitrogens with two attached hydrogens (primary N) is 1. The molecule has 9 nitrogen and oxygen atoms in total. The number of amides is 3. The van der Waals surface area contributed by atoms with Crippen molar-refractivity contribution in [1.82, 2.24) is 15.1 Å². The van der Waals surface area contributed by atoms with Gasteiger partial charge in [-0.2, -0.15) is 0 Å². The lowest BCUT2D eigenvalue weighted by Gasteiger charge is -2.27. The number of carbonyl (C=O) groups is 3. The first kappa shape index (κ1) is 30.3. The first-order valence-corrected chi connectivity index (χ1v) is 15.2. The predicted molar refractivity (Wildman–Crippen MR) is 157 cm³/mol. The highest BCUT2D eigenvalue weighted by Crippen LogP contribution is 2.26. The minimum atomic E-state index is -0.941. The summed E-state index contributed by atoms with van der Waals surface area (Å²) in [7, 11) is 0. The molecule has 0 aliphatic carbocycles. The maximum absolute atomic E-state index is 13.1. The number of hydrogen-bond donors (Lipinski definition) is 2. The van der Waals surface area contributed by atoms with Gasteiger partial charge in [0.1, 0.15) is 31.0 Å². The highest BCUT2D eigenvalue weighted by atomic mass is 35.5. The number of hydrogen-bond acceptors (Lipinski definition) is 7. The Kier molecular flexibility index (Phi) is 11.2. The van der Waals surface area contributed by atoms with Crippen LogP contribution in [0.2, 0.25) is 10.0 Å². The number of likely N-dealkylation sites (tertiary alicyclic amines) is 1. The summed E-state index contributed by atoms with van der Waals surface area (Å²) >= 11 is 13.9. The summed E-state index contributed by atoms with van der Waals surface area (Å²) in [5.74, 6) is 0.265. The highest BCUT2D eigenvalue weighted by Gasteiger charge is 2.37. The van der Waals surface area contributed by atoms with Crippen molar-refractivity contribution >= 4 is 52.9 Å². The van der Waals surface area contributed by atoms with Gasteiger partial charge in [-0.3, -0.25) is 19.4 Å². The summed E-state index contributed by atoms with van der Waals surface area (Å²) in [6.07, 6.45) is 3.24. The van der Waals surface area contributed by atoms with E-state index in [1.54, 1.807) is 42.5 Å². The van der Waals surface area contributed by atoms with Crippen molar-refractivity contribution in [2.24, 2.45) is 5.73 Å². The largest absolute Gasteiger partial charge is 0.489 e. The topological polar surface area (TPSA) is 114 Å². The van der Waals surface area contributed by atoms with Gasteiger partial charge in [0.25, 0.3) is 0 Å². The number of nitrogens with zero attached hydrogens (tertiary/aromatic N) is 2. The Hall–Kier alpha value is -2.66. The Morgan fingerprint density at radius 3 is 2.42 bits per heavy atom. The normalized spacial score (nSPS) is 18.2. The lowest BCUT2D eigenvalue weighted by atomic mass is 10.0. The first-order chi connectivity index (χ1) is 19.3. The third kappa shape index (κ3) is 8.42. The number of primary amides is 1. The minimum Gasteiger partial charge on any atom is -0.489 e. The van der Waals surface area contributed by atoms with Crippen LogP contribution < -0.4 is 15.8 Å². The molecule has 2 aromatic rings. The average Bonchev–Trinajstić information content (AvgIpc) is 3.44.